The topological polar surface area (TPSA) is 60.9 Å². The van der Waals surface area contributed by atoms with Crippen molar-refractivity contribution in [1.82, 2.24) is 14.7 Å². The van der Waals surface area contributed by atoms with E-state index in [1.165, 1.54) is 12.1 Å². The molecule has 0 aliphatic carbocycles. The van der Waals surface area contributed by atoms with Crippen molar-refractivity contribution >= 4 is 10.9 Å². The van der Waals surface area contributed by atoms with Crippen LogP contribution in [0.15, 0.2) is 58.0 Å². The first-order chi connectivity index (χ1) is 12.0. The zero-order valence-electron chi connectivity index (χ0n) is 13.7. The molecule has 2 aromatic heterocycles. The molecule has 0 amide bonds. The van der Waals surface area contributed by atoms with E-state index in [1.54, 1.807) is 23.9 Å². The van der Waals surface area contributed by atoms with Gasteiger partial charge in [0.1, 0.15) is 11.4 Å². The second-order valence-electron chi connectivity index (χ2n) is 5.88. The Morgan fingerprint density at radius 2 is 1.92 bits per heavy atom. The van der Waals surface area contributed by atoms with Crippen LogP contribution >= 0.6 is 0 Å². The number of hydrogen-bond acceptors (Lipinski definition) is 4. The Morgan fingerprint density at radius 3 is 2.72 bits per heavy atom. The number of nitrogens with zero attached hydrogens (tertiary/aromatic N) is 3. The van der Waals surface area contributed by atoms with Gasteiger partial charge in [0.05, 0.1) is 5.52 Å². The van der Waals surface area contributed by atoms with Crippen LogP contribution in [0.25, 0.3) is 33.7 Å². The van der Waals surface area contributed by atoms with Gasteiger partial charge in [-0.2, -0.15) is 4.98 Å². The van der Waals surface area contributed by atoms with Crippen LogP contribution < -0.4 is 5.43 Å². The fourth-order valence-electron chi connectivity index (χ4n) is 2.88. The SMILES string of the molecule is Cc1ccccc1-c1noc(-c2cn(C)c3ccc(F)cc3c2=O)n1. The molecule has 0 aliphatic rings. The molecular weight excluding hydrogens is 321 g/mol. The van der Waals surface area contributed by atoms with Gasteiger partial charge >= 0.3 is 0 Å². The molecule has 0 bridgehead atoms. The molecule has 4 aromatic rings. The van der Waals surface area contributed by atoms with Crippen molar-refractivity contribution in [3.63, 3.8) is 0 Å². The third-order valence-corrected chi connectivity index (χ3v) is 4.19. The Morgan fingerprint density at radius 1 is 1.12 bits per heavy atom. The fourth-order valence-corrected chi connectivity index (χ4v) is 2.88. The summed E-state index contributed by atoms with van der Waals surface area (Å²) in [6, 6.07) is 11.8. The predicted molar refractivity (Wildman–Crippen MR) is 92.6 cm³/mol. The van der Waals surface area contributed by atoms with Gasteiger partial charge in [-0.25, -0.2) is 4.39 Å². The van der Waals surface area contributed by atoms with Crippen LogP contribution in [0.1, 0.15) is 5.56 Å². The lowest BCUT2D eigenvalue weighted by Crippen LogP contribution is -2.10. The maximum Gasteiger partial charge on any atom is 0.263 e. The Balaban J connectivity index is 1.90. The minimum absolute atomic E-state index is 0.116. The van der Waals surface area contributed by atoms with E-state index < -0.39 is 5.82 Å². The molecule has 2 heterocycles. The van der Waals surface area contributed by atoms with Crippen molar-refractivity contribution < 1.29 is 8.91 Å². The van der Waals surface area contributed by atoms with Crippen molar-refractivity contribution in [3.05, 3.63) is 70.3 Å². The Labute approximate surface area is 142 Å². The lowest BCUT2D eigenvalue weighted by Gasteiger charge is -2.06. The summed E-state index contributed by atoms with van der Waals surface area (Å²) in [6.45, 7) is 1.95. The summed E-state index contributed by atoms with van der Waals surface area (Å²) in [4.78, 5) is 17.1. The van der Waals surface area contributed by atoms with Crippen LogP contribution in [0.3, 0.4) is 0 Å². The van der Waals surface area contributed by atoms with Gasteiger partial charge in [-0.3, -0.25) is 4.79 Å². The van der Waals surface area contributed by atoms with E-state index in [0.29, 0.717) is 11.3 Å². The zero-order valence-corrected chi connectivity index (χ0v) is 13.7. The van der Waals surface area contributed by atoms with Crippen LogP contribution in [0.4, 0.5) is 4.39 Å². The number of hydrogen-bond donors (Lipinski definition) is 0. The molecule has 0 saturated carbocycles. The van der Waals surface area contributed by atoms with Crippen LogP contribution in [0, 0.1) is 12.7 Å². The van der Waals surface area contributed by atoms with E-state index in [9.17, 15) is 9.18 Å². The summed E-state index contributed by atoms with van der Waals surface area (Å²) in [7, 11) is 1.78. The second kappa shape index (κ2) is 5.66. The summed E-state index contributed by atoms with van der Waals surface area (Å²) < 4.78 is 20.6. The number of benzene rings is 2. The van der Waals surface area contributed by atoms with E-state index in [-0.39, 0.29) is 22.3 Å². The first-order valence-electron chi connectivity index (χ1n) is 7.73. The molecule has 0 N–H and O–H groups in total. The van der Waals surface area contributed by atoms with Gasteiger partial charge in [-0.05, 0) is 30.7 Å². The van der Waals surface area contributed by atoms with Crippen LogP contribution in [0.5, 0.6) is 0 Å². The summed E-state index contributed by atoms with van der Waals surface area (Å²) in [5.41, 5.74) is 2.37. The standard InChI is InChI=1S/C19H14FN3O2/c1-11-5-3-4-6-13(11)18-21-19(25-22-18)15-10-23(2)16-8-7-12(20)9-14(16)17(15)24/h3-10H,1-2H3. The maximum atomic E-state index is 13.6. The quantitative estimate of drug-likeness (QED) is 0.560. The summed E-state index contributed by atoms with van der Waals surface area (Å²) in [5.74, 6) is 0.0624. The van der Waals surface area contributed by atoms with Crippen LogP contribution in [-0.4, -0.2) is 14.7 Å². The third kappa shape index (κ3) is 2.52. The Bertz CT molecular complexity index is 1160. The molecular formula is C19H14FN3O2. The molecule has 0 fully saturated rings. The number of halogens is 1. The van der Waals surface area contributed by atoms with Gasteiger partial charge in [0.25, 0.3) is 5.89 Å². The lowest BCUT2D eigenvalue weighted by molar-refractivity contribution is 0.431. The molecule has 0 spiro atoms. The predicted octanol–water partition coefficient (Wildman–Crippen LogP) is 3.70. The molecule has 0 radical (unpaired) electrons. The average Bonchev–Trinajstić information content (AvgIpc) is 3.08. The first-order valence-corrected chi connectivity index (χ1v) is 7.73. The van der Waals surface area contributed by atoms with Gasteiger partial charge in [-0.1, -0.05) is 29.4 Å². The number of aryl methyl sites for hydroxylation is 2. The number of aromatic nitrogens is 3. The monoisotopic (exact) mass is 335 g/mol. The second-order valence-corrected chi connectivity index (χ2v) is 5.88. The van der Waals surface area contributed by atoms with E-state index in [0.717, 1.165) is 11.1 Å². The number of pyridine rings is 1. The van der Waals surface area contributed by atoms with E-state index in [4.69, 9.17) is 4.52 Å². The van der Waals surface area contributed by atoms with Crippen molar-refractivity contribution in [2.45, 2.75) is 6.92 Å². The smallest absolute Gasteiger partial charge is 0.263 e. The molecule has 0 aliphatic heterocycles. The average molecular weight is 335 g/mol. The van der Waals surface area contributed by atoms with Gasteiger partial charge in [-0.15, -0.1) is 0 Å². The van der Waals surface area contributed by atoms with Gasteiger partial charge < -0.3 is 9.09 Å². The highest BCUT2D eigenvalue weighted by Gasteiger charge is 2.17. The fraction of sp³-hybridized carbons (Fsp3) is 0.105. The molecule has 25 heavy (non-hydrogen) atoms. The largest absolute Gasteiger partial charge is 0.350 e. The Hall–Kier alpha value is -3.28. The molecule has 0 atom stereocenters. The number of fused-ring (bicyclic) bond motifs is 1. The molecule has 2 aromatic carbocycles. The minimum Gasteiger partial charge on any atom is -0.350 e. The van der Waals surface area contributed by atoms with E-state index >= 15 is 0 Å². The zero-order chi connectivity index (χ0) is 17.6. The van der Waals surface area contributed by atoms with Crippen molar-refractivity contribution in [3.8, 4) is 22.8 Å². The third-order valence-electron chi connectivity index (χ3n) is 4.19. The summed E-state index contributed by atoms with van der Waals surface area (Å²) in [5, 5.41) is 4.26. The van der Waals surface area contributed by atoms with Gasteiger partial charge in [0.15, 0.2) is 0 Å². The maximum absolute atomic E-state index is 13.6. The lowest BCUT2D eigenvalue weighted by atomic mass is 10.1. The van der Waals surface area contributed by atoms with Crippen molar-refractivity contribution in [1.29, 1.82) is 0 Å². The normalized spacial score (nSPS) is 11.2. The molecule has 6 heteroatoms. The van der Waals surface area contributed by atoms with E-state index in [1.807, 2.05) is 31.2 Å². The van der Waals surface area contributed by atoms with E-state index in [2.05, 4.69) is 10.1 Å². The highest BCUT2D eigenvalue weighted by molar-refractivity contribution is 5.82. The summed E-state index contributed by atoms with van der Waals surface area (Å²) >= 11 is 0. The highest BCUT2D eigenvalue weighted by atomic mass is 19.1. The molecule has 0 saturated heterocycles. The first kappa shape index (κ1) is 15.3. The molecule has 4 rings (SSSR count). The van der Waals surface area contributed by atoms with Crippen LogP contribution in [0.2, 0.25) is 0 Å². The van der Waals surface area contributed by atoms with Gasteiger partial charge in [0.2, 0.25) is 11.3 Å². The minimum atomic E-state index is -0.465. The molecule has 0 unspecified atom stereocenters. The number of rotatable bonds is 2. The molecule has 124 valence electrons. The molecule has 5 nitrogen and oxygen atoms in total. The van der Waals surface area contributed by atoms with Gasteiger partial charge in [0, 0.05) is 24.2 Å². The summed E-state index contributed by atoms with van der Waals surface area (Å²) in [6.07, 6.45) is 1.62. The highest BCUT2D eigenvalue weighted by Crippen LogP contribution is 2.24. The van der Waals surface area contributed by atoms with Crippen LogP contribution in [-0.2, 0) is 7.05 Å². The Kier molecular flexibility index (Phi) is 3.46. The van der Waals surface area contributed by atoms with Crippen molar-refractivity contribution in [2.75, 3.05) is 0 Å². The van der Waals surface area contributed by atoms with Crippen molar-refractivity contribution in [2.24, 2.45) is 7.05 Å².